The maximum Gasteiger partial charge on any atom is 0.112 e. The molecule has 1 atom stereocenters. The van der Waals surface area contributed by atoms with E-state index < -0.39 is 0 Å². The molecule has 2 rings (SSSR count). The van der Waals surface area contributed by atoms with Gasteiger partial charge in [0, 0.05) is 31.4 Å². The number of nitrogens with zero attached hydrogens (tertiary/aromatic N) is 2. The molecule has 90 valence electrons. The van der Waals surface area contributed by atoms with E-state index in [9.17, 15) is 0 Å². The van der Waals surface area contributed by atoms with Gasteiger partial charge in [-0.3, -0.25) is 0 Å². The topological polar surface area (TPSA) is 29.9 Å². The van der Waals surface area contributed by atoms with Gasteiger partial charge in [0.05, 0.1) is 0 Å². The molecule has 2 heterocycles. The highest BCUT2D eigenvalue weighted by Crippen LogP contribution is 2.23. The number of aromatic nitrogens is 2. The molecule has 1 aromatic rings. The fourth-order valence-corrected chi connectivity index (χ4v) is 2.52. The third kappa shape index (κ3) is 2.46. The van der Waals surface area contributed by atoms with Crippen molar-refractivity contribution in [2.24, 2.45) is 13.0 Å². The molecular formula is C13H23N3. The van der Waals surface area contributed by atoms with Gasteiger partial charge in [0.15, 0.2) is 0 Å². The summed E-state index contributed by atoms with van der Waals surface area (Å²) < 4.78 is 2.30. The summed E-state index contributed by atoms with van der Waals surface area (Å²) >= 11 is 0. The van der Waals surface area contributed by atoms with Crippen molar-refractivity contribution in [2.75, 3.05) is 13.1 Å². The molecule has 1 N–H and O–H groups in total. The lowest BCUT2D eigenvalue weighted by Crippen LogP contribution is -2.29. The summed E-state index contributed by atoms with van der Waals surface area (Å²) in [6.07, 6.45) is 5.74. The molecule has 0 bridgehead atoms. The Morgan fingerprint density at radius 1 is 1.56 bits per heavy atom. The van der Waals surface area contributed by atoms with Gasteiger partial charge >= 0.3 is 0 Å². The zero-order chi connectivity index (χ0) is 11.5. The first kappa shape index (κ1) is 11.6. The summed E-state index contributed by atoms with van der Waals surface area (Å²) in [6.45, 7) is 6.77. The molecule has 3 heteroatoms. The van der Waals surface area contributed by atoms with Crippen LogP contribution in [0.2, 0.25) is 0 Å². The van der Waals surface area contributed by atoms with Gasteiger partial charge in [-0.15, -0.1) is 0 Å². The second kappa shape index (κ2) is 5.00. The molecule has 0 radical (unpaired) electrons. The zero-order valence-corrected chi connectivity index (χ0v) is 10.7. The molecule has 0 saturated carbocycles. The van der Waals surface area contributed by atoms with Crippen molar-refractivity contribution in [3.05, 3.63) is 17.7 Å². The van der Waals surface area contributed by atoms with E-state index in [0.717, 1.165) is 13.0 Å². The van der Waals surface area contributed by atoms with E-state index in [2.05, 4.69) is 42.0 Å². The normalized spacial score (nSPS) is 21.6. The highest BCUT2D eigenvalue weighted by Gasteiger charge is 2.20. The molecule has 1 saturated heterocycles. The maximum atomic E-state index is 4.62. The van der Waals surface area contributed by atoms with Crippen molar-refractivity contribution < 1.29 is 0 Å². The number of nitrogens with one attached hydrogen (secondary N) is 1. The standard InChI is InChI=1S/C13H23N3/c1-10(2)7-12-9-15-13(16(12)3)11-5-4-6-14-8-11/h9-11,14H,4-8H2,1-3H3. The number of hydrogen-bond acceptors (Lipinski definition) is 2. The largest absolute Gasteiger partial charge is 0.335 e. The lowest BCUT2D eigenvalue weighted by molar-refractivity contribution is 0.436. The van der Waals surface area contributed by atoms with Gasteiger partial charge in [0.2, 0.25) is 0 Å². The van der Waals surface area contributed by atoms with Crippen molar-refractivity contribution in [3.63, 3.8) is 0 Å². The smallest absolute Gasteiger partial charge is 0.112 e. The lowest BCUT2D eigenvalue weighted by atomic mass is 9.99. The quantitative estimate of drug-likeness (QED) is 0.847. The van der Waals surface area contributed by atoms with Crippen LogP contribution in [0.4, 0.5) is 0 Å². The van der Waals surface area contributed by atoms with Crippen LogP contribution in [0.5, 0.6) is 0 Å². The van der Waals surface area contributed by atoms with Gasteiger partial charge < -0.3 is 9.88 Å². The van der Waals surface area contributed by atoms with Crippen LogP contribution >= 0.6 is 0 Å². The molecule has 1 aromatic heterocycles. The number of imidazole rings is 1. The van der Waals surface area contributed by atoms with E-state index >= 15 is 0 Å². The van der Waals surface area contributed by atoms with Crippen LogP contribution in [0.3, 0.4) is 0 Å². The van der Waals surface area contributed by atoms with Crippen LogP contribution in [0.1, 0.15) is 44.1 Å². The van der Waals surface area contributed by atoms with Gasteiger partial charge in [-0.2, -0.15) is 0 Å². The summed E-state index contributed by atoms with van der Waals surface area (Å²) in [4.78, 5) is 4.62. The van der Waals surface area contributed by atoms with Crippen LogP contribution < -0.4 is 5.32 Å². The summed E-state index contributed by atoms with van der Waals surface area (Å²) in [5.41, 5.74) is 1.37. The van der Waals surface area contributed by atoms with Crippen LogP contribution in [0, 0.1) is 5.92 Å². The molecule has 16 heavy (non-hydrogen) atoms. The number of piperidine rings is 1. The van der Waals surface area contributed by atoms with Gasteiger partial charge in [-0.05, 0) is 31.7 Å². The highest BCUT2D eigenvalue weighted by molar-refractivity contribution is 5.10. The molecule has 0 aromatic carbocycles. The molecular weight excluding hydrogens is 198 g/mol. The van der Waals surface area contributed by atoms with Crippen LogP contribution in [0.15, 0.2) is 6.20 Å². The first-order valence-corrected chi connectivity index (χ1v) is 6.39. The van der Waals surface area contributed by atoms with E-state index in [1.807, 2.05) is 0 Å². The Balaban J connectivity index is 2.12. The Kier molecular flexibility index (Phi) is 3.64. The molecule has 0 aliphatic carbocycles. The zero-order valence-electron chi connectivity index (χ0n) is 10.7. The second-order valence-corrected chi connectivity index (χ2v) is 5.31. The van der Waals surface area contributed by atoms with Gasteiger partial charge in [-0.25, -0.2) is 4.98 Å². The van der Waals surface area contributed by atoms with Gasteiger partial charge in [0.25, 0.3) is 0 Å². The van der Waals surface area contributed by atoms with Crippen molar-refractivity contribution >= 4 is 0 Å². The summed E-state index contributed by atoms with van der Waals surface area (Å²) in [7, 11) is 2.16. The fourth-order valence-electron chi connectivity index (χ4n) is 2.52. The number of rotatable bonds is 3. The molecule has 0 amide bonds. The molecule has 1 aliphatic heterocycles. The molecule has 3 nitrogen and oxygen atoms in total. The first-order chi connectivity index (χ1) is 7.68. The minimum atomic E-state index is 0.611. The summed E-state index contributed by atoms with van der Waals surface area (Å²) in [5.74, 6) is 2.58. The summed E-state index contributed by atoms with van der Waals surface area (Å²) in [6, 6.07) is 0. The van der Waals surface area contributed by atoms with E-state index in [-0.39, 0.29) is 0 Å². The van der Waals surface area contributed by atoms with Crippen molar-refractivity contribution in [3.8, 4) is 0 Å². The lowest BCUT2D eigenvalue weighted by Gasteiger charge is -2.22. The maximum absolute atomic E-state index is 4.62. The minimum absolute atomic E-state index is 0.611. The van der Waals surface area contributed by atoms with Crippen molar-refractivity contribution in [1.82, 2.24) is 14.9 Å². The molecule has 1 fully saturated rings. The Labute approximate surface area is 98.3 Å². The monoisotopic (exact) mass is 221 g/mol. The third-order valence-corrected chi connectivity index (χ3v) is 3.40. The molecule has 0 spiro atoms. The van der Waals surface area contributed by atoms with Crippen LogP contribution in [-0.4, -0.2) is 22.6 Å². The Bertz CT molecular complexity index is 335. The van der Waals surface area contributed by atoms with E-state index in [0.29, 0.717) is 11.8 Å². The Hall–Kier alpha value is -0.830. The van der Waals surface area contributed by atoms with Gasteiger partial charge in [0.1, 0.15) is 5.82 Å². The molecule has 1 unspecified atom stereocenters. The average Bonchev–Trinajstić information content (AvgIpc) is 2.61. The summed E-state index contributed by atoms with van der Waals surface area (Å²) in [5, 5.41) is 3.46. The highest BCUT2D eigenvalue weighted by atomic mass is 15.1. The Morgan fingerprint density at radius 3 is 3.00 bits per heavy atom. The van der Waals surface area contributed by atoms with Gasteiger partial charge in [-0.1, -0.05) is 13.8 Å². The van der Waals surface area contributed by atoms with Crippen molar-refractivity contribution in [2.45, 2.75) is 39.0 Å². The predicted molar refractivity (Wildman–Crippen MR) is 66.6 cm³/mol. The fraction of sp³-hybridized carbons (Fsp3) is 0.769. The average molecular weight is 221 g/mol. The second-order valence-electron chi connectivity index (χ2n) is 5.31. The van der Waals surface area contributed by atoms with Crippen LogP contribution in [-0.2, 0) is 13.5 Å². The molecule has 1 aliphatic rings. The number of hydrogen-bond donors (Lipinski definition) is 1. The first-order valence-electron chi connectivity index (χ1n) is 6.39. The SMILES string of the molecule is CC(C)Cc1cnc(C2CCCNC2)n1C. The minimum Gasteiger partial charge on any atom is -0.335 e. The Morgan fingerprint density at radius 2 is 2.38 bits per heavy atom. The predicted octanol–water partition coefficient (Wildman–Crippen LogP) is 2.09. The third-order valence-electron chi connectivity index (χ3n) is 3.40. The van der Waals surface area contributed by atoms with E-state index in [1.165, 1.54) is 30.9 Å². The van der Waals surface area contributed by atoms with Crippen molar-refractivity contribution in [1.29, 1.82) is 0 Å². The van der Waals surface area contributed by atoms with E-state index in [1.54, 1.807) is 0 Å². The van der Waals surface area contributed by atoms with Crippen LogP contribution in [0.25, 0.3) is 0 Å². The van der Waals surface area contributed by atoms with E-state index in [4.69, 9.17) is 0 Å².